The van der Waals surface area contributed by atoms with E-state index in [0.717, 1.165) is 38.2 Å². The molecule has 0 spiro atoms. The molecule has 3 aliphatic rings. The summed E-state index contributed by atoms with van der Waals surface area (Å²) in [7, 11) is 0. The van der Waals surface area contributed by atoms with Gasteiger partial charge < -0.3 is 15.7 Å². The van der Waals surface area contributed by atoms with E-state index in [9.17, 15) is 9.90 Å². The third kappa shape index (κ3) is 3.27. The summed E-state index contributed by atoms with van der Waals surface area (Å²) >= 11 is 0. The first kappa shape index (κ1) is 16.9. The van der Waals surface area contributed by atoms with E-state index >= 15 is 0 Å². The minimum absolute atomic E-state index is 0.224. The second-order valence-corrected chi connectivity index (χ2v) is 8.02. The van der Waals surface area contributed by atoms with Crippen LogP contribution in [0.5, 0.6) is 5.75 Å². The number of phenolic OH excluding ortho intramolecular Hbond substituents is 1. The molecule has 4 rings (SSSR count). The van der Waals surface area contributed by atoms with Crippen LogP contribution in [0.2, 0.25) is 0 Å². The second kappa shape index (κ2) is 6.96. The Balaban J connectivity index is 1.35. The largest absolute Gasteiger partial charge is 0.508 e. The van der Waals surface area contributed by atoms with Crippen molar-refractivity contribution in [2.24, 2.45) is 11.3 Å². The molecule has 0 unspecified atom stereocenters. The lowest BCUT2D eigenvalue weighted by atomic mass is 9.80. The van der Waals surface area contributed by atoms with Gasteiger partial charge in [-0.1, -0.05) is 25.0 Å². The highest BCUT2D eigenvalue weighted by atomic mass is 16.3. The smallest absolute Gasteiger partial charge is 0.229 e. The van der Waals surface area contributed by atoms with Gasteiger partial charge in [0.2, 0.25) is 5.91 Å². The summed E-state index contributed by atoms with van der Waals surface area (Å²) < 4.78 is 0. The maximum Gasteiger partial charge on any atom is 0.229 e. The molecule has 2 saturated heterocycles. The Morgan fingerprint density at radius 1 is 1.28 bits per heavy atom. The normalized spacial score (nSPS) is 29.8. The van der Waals surface area contributed by atoms with Gasteiger partial charge in [-0.2, -0.15) is 0 Å². The first-order valence-electron chi connectivity index (χ1n) is 9.68. The number of nitrogens with one attached hydrogen (secondary N) is 2. The van der Waals surface area contributed by atoms with Gasteiger partial charge in [-0.15, -0.1) is 0 Å². The number of hydrogen-bond acceptors (Lipinski definition) is 4. The Kier molecular flexibility index (Phi) is 4.69. The van der Waals surface area contributed by atoms with Gasteiger partial charge in [0.05, 0.1) is 5.41 Å². The number of fused-ring (bicyclic) bond motifs is 1. The van der Waals surface area contributed by atoms with Gasteiger partial charge in [0.15, 0.2) is 0 Å². The number of carbonyl (C=O) groups excluding carboxylic acids is 1. The van der Waals surface area contributed by atoms with Crippen LogP contribution in [0.1, 0.15) is 31.2 Å². The second-order valence-electron chi connectivity index (χ2n) is 8.02. The number of phenols is 1. The quantitative estimate of drug-likeness (QED) is 0.758. The van der Waals surface area contributed by atoms with Crippen LogP contribution in [0.25, 0.3) is 0 Å². The number of carbonyl (C=O) groups is 1. The number of rotatable bonds is 5. The van der Waals surface area contributed by atoms with Crippen molar-refractivity contribution < 1.29 is 9.90 Å². The van der Waals surface area contributed by atoms with Gasteiger partial charge in [0, 0.05) is 44.7 Å². The van der Waals surface area contributed by atoms with Crippen molar-refractivity contribution in [1.29, 1.82) is 0 Å². The van der Waals surface area contributed by atoms with E-state index in [0.29, 0.717) is 18.5 Å². The van der Waals surface area contributed by atoms with Crippen molar-refractivity contribution in [1.82, 2.24) is 15.5 Å². The molecule has 136 valence electrons. The third-order valence-electron chi connectivity index (χ3n) is 6.48. The van der Waals surface area contributed by atoms with E-state index in [1.807, 2.05) is 12.1 Å². The van der Waals surface area contributed by atoms with Gasteiger partial charge in [-0.3, -0.25) is 9.69 Å². The molecule has 3 fully saturated rings. The van der Waals surface area contributed by atoms with Crippen LogP contribution < -0.4 is 10.6 Å². The summed E-state index contributed by atoms with van der Waals surface area (Å²) in [6.07, 6.45) is 6.09. The third-order valence-corrected chi connectivity index (χ3v) is 6.48. The summed E-state index contributed by atoms with van der Waals surface area (Å²) in [5, 5.41) is 16.0. The monoisotopic (exact) mass is 343 g/mol. The van der Waals surface area contributed by atoms with Crippen molar-refractivity contribution in [2.45, 2.75) is 38.1 Å². The van der Waals surface area contributed by atoms with E-state index in [1.54, 1.807) is 12.1 Å². The number of benzene rings is 1. The Bertz CT molecular complexity index is 612. The number of likely N-dealkylation sites (tertiary alicyclic amines) is 1. The molecule has 5 heteroatoms. The first-order valence-corrected chi connectivity index (χ1v) is 9.68. The highest BCUT2D eigenvalue weighted by molar-refractivity contribution is 5.84. The van der Waals surface area contributed by atoms with Crippen LogP contribution in [0.3, 0.4) is 0 Å². The van der Waals surface area contributed by atoms with Crippen LogP contribution in [-0.4, -0.2) is 54.7 Å². The van der Waals surface area contributed by atoms with Crippen LogP contribution in [0.15, 0.2) is 24.3 Å². The molecular weight excluding hydrogens is 314 g/mol. The van der Waals surface area contributed by atoms with Gasteiger partial charge in [0.25, 0.3) is 0 Å². The van der Waals surface area contributed by atoms with Crippen molar-refractivity contribution >= 4 is 5.91 Å². The van der Waals surface area contributed by atoms with Gasteiger partial charge >= 0.3 is 0 Å². The minimum Gasteiger partial charge on any atom is -0.508 e. The summed E-state index contributed by atoms with van der Waals surface area (Å²) in [6.45, 7) is 4.42. The average molecular weight is 343 g/mol. The molecular formula is C20H29N3O2. The molecule has 0 bridgehead atoms. The van der Waals surface area contributed by atoms with Crippen molar-refractivity contribution in [3.63, 3.8) is 0 Å². The van der Waals surface area contributed by atoms with Crippen LogP contribution in [-0.2, 0) is 11.2 Å². The topological polar surface area (TPSA) is 64.6 Å². The van der Waals surface area contributed by atoms with Crippen molar-refractivity contribution in [3.8, 4) is 5.75 Å². The van der Waals surface area contributed by atoms with Gasteiger partial charge in [0.1, 0.15) is 5.75 Å². The standard InChI is InChI=1S/C20H29N3O2/c24-18-7-5-15(6-8-18)9-10-22-19(25)20-13-21-11-16(20)12-23(14-20)17-3-1-2-4-17/h5-8,16-17,21,24H,1-4,9-14H2,(H,22,25)/t16-,20-/m1/s1. The highest BCUT2D eigenvalue weighted by Crippen LogP contribution is 2.42. The van der Waals surface area contributed by atoms with Crippen molar-refractivity contribution in [3.05, 3.63) is 29.8 Å². The Morgan fingerprint density at radius 3 is 2.80 bits per heavy atom. The maximum absolute atomic E-state index is 13.0. The first-order chi connectivity index (χ1) is 12.2. The zero-order chi connectivity index (χ0) is 17.3. The molecule has 25 heavy (non-hydrogen) atoms. The predicted octanol–water partition coefficient (Wildman–Crippen LogP) is 1.51. The lowest BCUT2D eigenvalue weighted by molar-refractivity contribution is -0.130. The molecule has 1 aliphatic carbocycles. The Hall–Kier alpha value is -1.59. The van der Waals surface area contributed by atoms with Crippen LogP contribution in [0.4, 0.5) is 0 Å². The van der Waals surface area contributed by atoms with E-state index in [1.165, 1.54) is 25.7 Å². The Morgan fingerprint density at radius 2 is 2.04 bits per heavy atom. The summed E-state index contributed by atoms with van der Waals surface area (Å²) in [5.74, 6) is 0.952. The summed E-state index contributed by atoms with van der Waals surface area (Å²) in [6, 6.07) is 7.92. The van der Waals surface area contributed by atoms with Crippen molar-refractivity contribution in [2.75, 3.05) is 32.7 Å². The lowest BCUT2D eigenvalue weighted by Gasteiger charge is -2.29. The zero-order valence-corrected chi connectivity index (χ0v) is 14.8. The molecule has 3 N–H and O–H groups in total. The lowest BCUT2D eigenvalue weighted by Crippen LogP contribution is -2.48. The molecule has 1 aromatic rings. The van der Waals surface area contributed by atoms with E-state index in [-0.39, 0.29) is 17.1 Å². The molecule has 2 heterocycles. The SMILES string of the molecule is O=C(NCCc1ccc(O)cc1)[C@@]12CNC[C@@H]1CN(C1CCCC1)C2. The molecule has 0 aromatic heterocycles. The molecule has 2 atom stereocenters. The van der Waals surface area contributed by atoms with E-state index in [4.69, 9.17) is 0 Å². The average Bonchev–Trinajstić information content (AvgIpc) is 3.31. The summed E-state index contributed by atoms with van der Waals surface area (Å²) in [5.41, 5.74) is 0.896. The molecule has 1 amide bonds. The number of hydrogen-bond donors (Lipinski definition) is 3. The van der Waals surface area contributed by atoms with E-state index in [2.05, 4.69) is 15.5 Å². The molecule has 0 radical (unpaired) electrons. The molecule has 2 aliphatic heterocycles. The maximum atomic E-state index is 13.0. The fourth-order valence-corrected chi connectivity index (χ4v) is 4.99. The highest BCUT2D eigenvalue weighted by Gasteiger charge is 2.55. The fraction of sp³-hybridized carbons (Fsp3) is 0.650. The van der Waals surface area contributed by atoms with E-state index < -0.39 is 0 Å². The number of amides is 1. The fourth-order valence-electron chi connectivity index (χ4n) is 4.99. The molecule has 5 nitrogen and oxygen atoms in total. The van der Waals surface area contributed by atoms with Gasteiger partial charge in [-0.25, -0.2) is 0 Å². The predicted molar refractivity (Wildman–Crippen MR) is 97.4 cm³/mol. The zero-order valence-electron chi connectivity index (χ0n) is 14.8. The Labute approximate surface area is 149 Å². The van der Waals surface area contributed by atoms with Crippen LogP contribution in [0, 0.1) is 11.3 Å². The minimum atomic E-state index is -0.239. The van der Waals surface area contributed by atoms with Crippen LogP contribution >= 0.6 is 0 Å². The number of nitrogens with zero attached hydrogens (tertiary/aromatic N) is 1. The molecule has 1 aromatic carbocycles. The van der Waals surface area contributed by atoms with Gasteiger partial charge in [-0.05, 0) is 37.0 Å². The summed E-state index contributed by atoms with van der Waals surface area (Å²) in [4.78, 5) is 15.6. The molecule has 1 saturated carbocycles. The number of aromatic hydroxyl groups is 1.